The Bertz CT molecular complexity index is 4570. The van der Waals surface area contributed by atoms with E-state index in [1.54, 1.807) is 0 Å². The maximum atomic E-state index is 2.46. The van der Waals surface area contributed by atoms with Crippen molar-refractivity contribution in [2.24, 2.45) is 0 Å². The van der Waals surface area contributed by atoms with E-state index in [1.807, 2.05) is 0 Å². The second kappa shape index (κ2) is 17.2. The number of aromatic nitrogens is 1. The molecule has 0 radical (unpaired) electrons. The predicted octanol–water partition coefficient (Wildman–Crippen LogP) is 20.3. The molecule has 0 atom stereocenters. The van der Waals surface area contributed by atoms with Crippen LogP contribution < -0.4 is 9.80 Å². The Kier molecular flexibility index (Phi) is 9.92. The molecule has 14 aromatic rings. The van der Waals surface area contributed by atoms with E-state index in [2.05, 4.69) is 301 Å². The average Bonchev–Trinajstić information content (AvgIpc) is 4.03. The molecule has 0 saturated heterocycles. The summed E-state index contributed by atoms with van der Waals surface area (Å²) in [5.41, 5.74) is 17.6. The molecule has 0 spiro atoms. The van der Waals surface area contributed by atoms with E-state index < -0.39 is 0 Å². The summed E-state index contributed by atoms with van der Waals surface area (Å²) in [6.45, 7) is 4.80. The minimum Gasteiger partial charge on any atom is -0.310 e. The second-order valence-electron chi connectivity index (χ2n) is 20.9. The van der Waals surface area contributed by atoms with Crippen molar-refractivity contribution in [2.75, 3.05) is 9.80 Å². The van der Waals surface area contributed by atoms with Gasteiger partial charge in [0.1, 0.15) is 0 Å². The van der Waals surface area contributed by atoms with Crippen LogP contribution in [0.1, 0.15) is 25.0 Å². The second-order valence-corrected chi connectivity index (χ2v) is 20.9. The van der Waals surface area contributed by atoms with Crippen molar-refractivity contribution in [3.8, 4) is 27.9 Å². The van der Waals surface area contributed by atoms with Gasteiger partial charge in [0.25, 0.3) is 0 Å². The molecule has 1 aromatic heterocycles. The zero-order valence-electron chi connectivity index (χ0n) is 42.3. The number of anilines is 6. The quantitative estimate of drug-likeness (QED) is 0.141. The highest BCUT2D eigenvalue weighted by Crippen LogP contribution is 2.53. The van der Waals surface area contributed by atoms with Gasteiger partial charge in [-0.3, -0.25) is 0 Å². The van der Waals surface area contributed by atoms with Crippen molar-refractivity contribution in [3.05, 3.63) is 284 Å². The van der Waals surface area contributed by atoms with Crippen molar-refractivity contribution in [3.63, 3.8) is 0 Å². The number of benzene rings is 13. The Morgan fingerprint density at radius 3 is 1.45 bits per heavy atom. The molecular weight excluding hydrogens is 919 g/mol. The molecule has 3 heteroatoms. The molecule has 0 N–H and O–H groups in total. The van der Waals surface area contributed by atoms with E-state index in [4.69, 9.17) is 0 Å². The fourth-order valence-electron chi connectivity index (χ4n) is 12.7. The molecule has 1 aliphatic rings. The van der Waals surface area contributed by atoms with Gasteiger partial charge >= 0.3 is 0 Å². The topological polar surface area (TPSA) is 11.4 Å². The van der Waals surface area contributed by atoms with Crippen LogP contribution in [0.5, 0.6) is 0 Å². The SMILES string of the molecule is CC1(C)c2cc(N(c3ccc(-c4ccc5c(c4)c4ccccc4n5-c4ccccc4)cc3)c3ccc4c5ccccc5c5ccccc5c4c3)ccc2-c2ccc(N(c3ccccc3)c3cccc4ccccc34)cc21. The summed E-state index contributed by atoms with van der Waals surface area (Å²) in [5.74, 6) is 0. The fraction of sp³-hybridized carbons (Fsp3) is 0.0411. The first-order chi connectivity index (χ1) is 37.5. The Morgan fingerprint density at radius 2 is 0.763 bits per heavy atom. The van der Waals surface area contributed by atoms with Gasteiger partial charge in [0, 0.05) is 55.7 Å². The lowest BCUT2D eigenvalue weighted by molar-refractivity contribution is 0.660. The molecule has 358 valence electrons. The summed E-state index contributed by atoms with van der Waals surface area (Å²) < 4.78 is 2.38. The van der Waals surface area contributed by atoms with E-state index in [0.717, 1.165) is 39.8 Å². The number of para-hydroxylation sites is 3. The number of hydrogen-bond donors (Lipinski definition) is 0. The molecular formula is C73H51N3. The monoisotopic (exact) mass is 969 g/mol. The van der Waals surface area contributed by atoms with E-state index >= 15 is 0 Å². The summed E-state index contributed by atoms with van der Waals surface area (Å²) in [7, 11) is 0. The summed E-state index contributed by atoms with van der Waals surface area (Å²) in [4.78, 5) is 4.89. The summed E-state index contributed by atoms with van der Waals surface area (Å²) >= 11 is 0. The Balaban J connectivity index is 0.869. The van der Waals surface area contributed by atoms with Crippen molar-refractivity contribution >= 4 is 99.0 Å². The first-order valence-electron chi connectivity index (χ1n) is 26.4. The van der Waals surface area contributed by atoms with Gasteiger partial charge in [0.2, 0.25) is 0 Å². The zero-order valence-corrected chi connectivity index (χ0v) is 42.3. The molecule has 1 aliphatic carbocycles. The van der Waals surface area contributed by atoms with Crippen LogP contribution in [-0.4, -0.2) is 4.57 Å². The molecule has 1 heterocycles. The summed E-state index contributed by atoms with van der Waals surface area (Å²) in [6.07, 6.45) is 0. The largest absolute Gasteiger partial charge is 0.310 e. The molecule has 0 aliphatic heterocycles. The standard InChI is InChI=1S/C73H51N3/c1-73(2)68-46-55(38-41-63(68)64-42-39-56(47-69(64)73)75(51-20-5-3-6-21-51)70-31-17-19-49-18-9-10-24-57(49)70)74(54-37-40-62-60-27-12-11-25-58(60)59-26-13-14-28-61(59)66(62)45-54)53-35-32-48(33-36-53)50-34-43-72-67(44-50)65-29-15-16-30-71(65)76(72)52-22-7-4-8-23-52/h3-47H,1-2H3. The zero-order chi connectivity index (χ0) is 50.5. The van der Waals surface area contributed by atoms with Gasteiger partial charge < -0.3 is 14.4 Å². The normalized spacial score (nSPS) is 12.7. The highest BCUT2D eigenvalue weighted by Gasteiger charge is 2.37. The van der Waals surface area contributed by atoms with E-state index in [0.29, 0.717) is 0 Å². The molecule has 13 aromatic carbocycles. The molecule has 0 bridgehead atoms. The Hall–Kier alpha value is -9.70. The highest BCUT2D eigenvalue weighted by molar-refractivity contribution is 6.26. The molecule has 0 amide bonds. The minimum absolute atomic E-state index is 0.298. The van der Waals surface area contributed by atoms with Crippen molar-refractivity contribution in [1.29, 1.82) is 0 Å². The van der Waals surface area contributed by atoms with Gasteiger partial charge in [-0.25, -0.2) is 0 Å². The lowest BCUT2D eigenvalue weighted by Crippen LogP contribution is -2.17. The molecule has 0 unspecified atom stereocenters. The number of nitrogens with zero attached hydrogens (tertiary/aromatic N) is 3. The third kappa shape index (κ3) is 6.82. The number of rotatable bonds is 8. The van der Waals surface area contributed by atoms with Gasteiger partial charge in [-0.15, -0.1) is 0 Å². The first kappa shape index (κ1) is 43.8. The van der Waals surface area contributed by atoms with Crippen molar-refractivity contribution < 1.29 is 0 Å². The van der Waals surface area contributed by atoms with Crippen LogP contribution in [0.3, 0.4) is 0 Å². The van der Waals surface area contributed by atoms with Crippen molar-refractivity contribution in [1.82, 2.24) is 4.57 Å². The molecule has 3 nitrogen and oxygen atoms in total. The lowest BCUT2D eigenvalue weighted by atomic mass is 9.82. The maximum absolute atomic E-state index is 2.46. The minimum atomic E-state index is -0.298. The van der Waals surface area contributed by atoms with Crippen LogP contribution in [0, 0.1) is 0 Å². The first-order valence-corrected chi connectivity index (χ1v) is 26.4. The van der Waals surface area contributed by atoms with E-state index in [1.165, 1.54) is 98.3 Å². The molecule has 76 heavy (non-hydrogen) atoms. The van der Waals surface area contributed by atoms with Crippen LogP contribution in [0.4, 0.5) is 34.1 Å². The van der Waals surface area contributed by atoms with Crippen LogP contribution in [0.2, 0.25) is 0 Å². The summed E-state index contributed by atoms with van der Waals surface area (Å²) in [5, 5.41) is 12.5. The van der Waals surface area contributed by atoms with Gasteiger partial charge in [0.05, 0.1) is 16.7 Å². The van der Waals surface area contributed by atoms with Gasteiger partial charge in [-0.2, -0.15) is 0 Å². The van der Waals surface area contributed by atoms with Crippen LogP contribution in [0.15, 0.2) is 273 Å². The highest BCUT2D eigenvalue weighted by atomic mass is 15.1. The average molecular weight is 970 g/mol. The van der Waals surface area contributed by atoms with Gasteiger partial charge in [0.15, 0.2) is 0 Å². The Morgan fingerprint density at radius 1 is 0.289 bits per heavy atom. The third-order valence-electron chi connectivity index (χ3n) is 16.3. The van der Waals surface area contributed by atoms with Crippen LogP contribution in [0.25, 0.3) is 92.8 Å². The molecule has 0 saturated carbocycles. The number of hydrogen-bond acceptors (Lipinski definition) is 2. The van der Waals surface area contributed by atoms with Crippen molar-refractivity contribution in [2.45, 2.75) is 19.3 Å². The maximum Gasteiger partial charge on any atom is 0.0541 e. The third-order valence-corrected chi connectivity index (χ3v) is 16.3. The summed E-state index contributed by atoms with van der Waals surface area (Å²) in [6, 6.07) is 101. The number of fused-ring (bicyclic) bond motifs is 13. The fourth-order valence-corrected chi connectivity index (χ4v) is 12.7. The van der Waals surface area contributed by atoms with Crippen LogP contribution in [-0.2, 0) is 5.41 Å². The van der Waals surface area contributed by atoms with E-state index in [-0.39, 0.29) is 5.41 Å². The smallest absolute Gasteiger partial charge is 0.0541 e. The molecule has 15 rings (SSSR count). The molecule has 0 fully saturated rings. The van der Waals surface area contributed by atoms with Gasteiger partial charge in [-0.05, 0) is 168 Å². The van der Waals surface area contributed by atoms with E-state index in [9.17, 15) is 0 Å². The predicted molar refractivity (Wildman–Crippen MR) is 323 cm³/mol. The van der Waals surface area contributed by atoms with Crippen LogP contribution >= 0.6 is 0 Å². The lowest BCUT2D eigenvalue weighted by Gasteiger charge is -2.30. The van der Waals surface area contributed by atoms with Gasteiger partial charge in [-0.1, -0.05) is 190 Å². The Labute approximate surface area is 442 Å².